The Kier molecular flexibility index (Phi) is 4.39. The lowest BCUT2D eigenvalue weighted by Gasteiger charge is -2.35. The van der Waals surface area contributed by atoms with Gasteiger partial charge in [0.25, 0.3) is 5.91 Å². The highest BCUT2D eigenvalue weighted by Gasteiger charge is 2.38. The van der Waals surface area contributed by atoms with Crippen LogP contribution in [0.25, 0.3) is 10.2 Å². The number of fused-ring (bicyclic) bond motifs is 4. The number of thiazole rings is 1. The lowest BCUT2D eigenvalue weighted by Crippen LogP contribution is -2.51. The van der Waals surface area contributed by atoms with Gasteiger partial charge >= 0.3 is 0 Å². The fourth-order valence-corrected chi connectivity index (χ4v) is 6.14. The van der Waals surface area contributed by atoms with Crippen LogP contribution in [0, 0.1) is 0 Å². The number of carbonyl (C=O) groups is 1. The minimum Gasteiger partial charge on any atom is -0.493 e. The molecule has 3 aromatic rings. The molecule has 30 heavy (non-hydrogen) atoms. The number of aromatic nitrogens is 1. The van der Waals surface area contributed by atoms with Gasteiger partial charge < -0.3 is 20.3 Å². The van der Waals surface area contributed by atoms with Crippen LogP contribution in [0.15, 0.2) is 42.5 Å². The number of piperazine rings is 1. The van der Waals surface area contributed by atoms with Gasteiger partial charge in [-0.25, -0.2) is 4.98 Å². The van der Waals surface area contributed by atoms with Crippen molar-refractivity contribution in [2.75, 3.05) is 24.6 Å². The lowest BCUT2D eigenvalue weighted by atomic mass is 10.00. The molecule has 6 nitrogen and oxygen atoms in total. The van der Waals surface area contributed by atoms with Crippen LogP contribution in [0.5, 0.6) is 5.75 Å². The molecule has 2 fully saturated rings. The van der Waals surface area contributed by atoms with Gasteiger partial charge in [0.05, 0.1) is 22.9 Å². The molecule has 0 aliphatic carbocycles. The molecule has 2 unspecified atom stereocenters. The maximum Gasteiger partial charge on any atom is 0.251 e. The number of amides is 1. The van der Waals surface area contributed by atoms with E-state index in [-0.39, 0.29) is 11.9 Å². The van der Waals surface area contributed by atoms with E-state index in [0.717, 1.165) is 46.2 Å². The number of rotatable bonds is 3. The summed E-state index contributed by atoms with van der Waals surface area (Å²) in [7, 11) is 0. The van der Waals surface area contributed by atoms with Crippen molar-refractivity contribution >= 4 is 32.6 Å². The molecule has 1 aromatic heterocycles. The van der Waals surface area contributed by atoms with Crippen molar-refractivity contribution in [1.29, 1.82) is 0 Å². The number of nitrogens with zero attached hydrogens (tertiary/aromatic N) is 2. The van der Waals surface area contributed by atoms with Gasteiger partial charge in [-0.15, -0.1) is 0 Å². The molecule has 3 aliphatic rings. The lowest BCUT2D eigenvalue weighted by molar-refractivity contribution is 0.0925. The molecule has 3 atom stereocenters. The Hall–Kier alpha value is -2.64. The van der Waals surface area contributed by atoms with E-state index in [9.17, 15) is 4.79 Å². The van der Waals surface area contributed by atoms with E-state index in [4.69, 9.17) is 9.72 Å². The van der Waals surface area contributed by atoms with Crippen molar-refractivity contribution < 1.29 is 9.53 Å². The summed E-state index contributed by atoms with van der Waals surface area (Å²) in [5, 5.41) is 7.81. The number of anilines is 1. The van der Waals surface area contributed by atoms with Gasteiger partial charge in [0.1, 0.15) is 5.75 Å². The van der Waals surface area contributed by atoms with Crippen LogP contribution in [0.4, 0.5) is 5.13 Å². The fraction of sp³-hybridized carbons (Fsp3) is 0.391. The summed E-state index contributed by atoms with van der Waals surface area (Å²) in [6, 6.07) is 14.9. The maximum atomic E-state index is 13.0. The van der Waals surface area contributed by atoms with Gasteiger partial charge in [0, 0.05) is 42.7 Å². The smallest absolute Gasteiger partial charge is 0.251 e. The topological polar surface area (TPSA) is 66.5 Å². The van der Waals surface area contributed by atoms with Crippen molar-refractivity contribution in [1.82, 2.24) is 15.6 Å². The fourth-order valence-electron chi connectivity index (χ4n) is 4.99. The van der Waals surface area contributed by atoms with Crippen LogP contribution in [0.3, 0.4) is 0 Å². The molecular formula is C23H24N4O2S. The maximum absolute atomic E-state index is 13.0. The normalized spacial score (nSPS) is 25.1. The first-order valence-corrected chi connectivity index (χ1v) is 11.5. The molecule has 2 N–H and O–H groups in total. The number of benzene rings is 2. The summed E-state index contributed by atoms with van der Waals surface area (Å²) < 4.78 is 6.79. The minimum absolute atomic E-state index is 0.0216. The number of nitrogens with one attached hydrogen (secondary N) is 2. The summed E-state index contributed by atoms with van der Waals surface area (Å²) in [4.78, 5) is 20.4. The molecule has 4 heterocycles. The molecule has 3 aliphatic heterocycles. The van der Waals surface area contributed by atoms with Crippen LogP contribution in [0.1, 0.15) is 41.2 Å². The molecule has 7 heteroatoms. The summed E-state index contributed by atoms with van der Waals surface area (Å²) >= 11 is 1.70. The third-order valence-electron chi connectivity index (χ3n) is 6.50. The first-order valence-electron chi connectivity index (χ1n) is 10.7. The third-order valence-corrected chi connectivity index (χ3v) is 7.54. The average Bonchev–Trinajstić information content (AvgIpc) is 3.30. The standard InChI is InChI=1S/C23H24N4O2S/c28-22(25-18-9-10-29-20-4-2-1-3-17(18)20)14-5-8-19-21(11-14)30-23(26-19)27-15-6-7-16(27)13-24-12-15/h1-5,8,11,15-16,18,24H,6-7,9-10,12-13H2,(H,25,28)/t15?,16?,18-/m0/s1. The summed E-state index contributed by atoms with van der Waals surface area (Å²) in [6.07, 6.45) is 3.24. The second kappa shape index (κ2) is 7.25. The van der Waals surface area contributed by atoms with Crippen molar-refractivity contribution in [3.05, 3.63) is 53.6 Å². The van der Waals surface area contributed by atoms with E-state index in [1.807, 2.05) is 42.5 Å². The van der Waals surface area contributed by atoms with E-state index in [1.165, 1.54) is 12.8 Å². The molecule has 1 amide bonds. The predicted octanol–water partition coefficient (Wildman–Crippen LogP) is 3.49. The average molecular weight is 421 g/mol. The van der Waals surface area contributed by atoms with Gasteiger partial charge in [0.2, 0.25) is 0 Å². The van der Waals surface area contributed by atoms with E-state index >= 15 is 0 Å². The molecular weight excluding hydrogens is 396 g/mol. The van der Waals surface area contributed by atoms with Crippen LogP contribution >= 0.6 is 11.3 Å². The minimum atomic E-state index is -0.0456. The first-order chi connectivity index (χ1) is 14.8. The second-order valence-electron chi connectivity index (χ2n) is 8.33. The van der Waals surface area contributed by atoms with Crippen molar-refractivity contribution in [2.45, 2.75) is 37.4 Å². The Morgan fingerprint density at radius 3 is 2.83 bits per heavy atom. The zero-order chi connectivity index (χ0) is 20.1. The molecule has 2 saturated heterocycles. The zero-order valence-electron chi connectivity index (χ0n) is 16.6. The van der Waals surface area contributed by atoms with Crippen LogP contribution < -0.4 is 20.3 Å². The summed E-state index contributed by atoms with van der Waals surface area (Å²) in [5.41, 5.74) is 2.71. The monoisotopic (exact) mass is 420 g/mol. The van der Waals surface area contributed by atoms with Crippen LogP contribution in [0.2, 0.25) is 0 Å². The molecule has 2 bridgehead atoms. The number of hydrogen-bond acceptors (Lipinski definition) is 6. The largest absolute Gasteiger partial charge is 0.493 e. The van der Waals surface area contributed by atoms with Crippen LogP contribution in [-0.2, 0) is 0 Å². The molecule has 6 rings (SSSR count). The van der Waals surface area contributed by atoms with E-state index < -0.39 is 0 Å². The third kappa shape index (κ3) is 3.04. The number of para-hydroxylation sites is 1. The van der Waals surface area contributed by atoms with E-state index in [0.29, 0.717) is 24.3 Å². The Morgan fingerprint density at radius 1 is 1.13 bits per heavy atom. The second-order valence-corrected chi connectivity index (χ2v) is 9.34. The van der Waals surface area contributed by atoms with Gasteiger partial charge in [-0.3, -0.25) is 4.79 Å². The Bertz CT molecular complexity index is 1100. The van der Waals surface area contributed by atoms with Gasteiger partial charge in [-0.2, -0.15) is 0 Å². The molecule has 0 radical (unpaired) electrons. The summed E-state index contributed by atoms with van der Waals surface area (Å²) in [6.45, 7) is 2.69. The number of carbonyl (C=O) groups excluding carboxylic acids is 1. The van der Waals surface area contributed by atoms with Gasteiger partial charge in [-0.05, 0) is 37.1 Å². The molecule has 154 valence electrons. The predicted molar refractivity (Wildman–Crippen MR) is 119 cm³/mol. The Balaban J connectivity index is 1.25. The summed E-state index contributed by atoms with van der Waals surface area (Å²) in [5.74, 6) is 0.818. The highest BCUT2D eigenvalue weighted by Crippen LogP contribution is 2.38. The van der Waals surface area contributed by atoms with Crippen molar-refractivity contribution in [2.24, 2.45) is 0 Å². The molecule has 0 spiro atoms. The van der Waals surface area contributed by atoms with E-state index in [1.54, 1.807) is 11.3 Å². The van der Waals surface area contributed by atoms with Gasteiger partial charge in [-0.1, -0.05) is 29.5 Å². The van der Waals surface area contributed by atoms with Crippen LogP contribution in [-0.4, -0.2) is 42.7 Å². The van der Waals surface area contributed by atoms with Crippen molar-refractivity contribution in [3.63, 3.8) is 0 Å². The number of hydrogen-bond donors (Lipinski definition) is 2. The molecule has 2 aromatic carbocycles. The highest BCUT2D eigenvalue weighted by atomic mass is 32.1. The first kappa shape index (κ1) is 18.2. The van der Waals surface area contributed by atoms with Crippen molar-refractivity contribution in [3.8, 4) is 5.75 Å². The Labute approximate surface area is 179 Å². The zero-order valence-corrected chi connectivity index (χ0v) is 17.5. The SMILES string of the molecule is O=C(N[C@H]1CCOc2ccccc21)c1ccc2nc(N3C4CCC3CNC4)sc2c1. The Morgan fingerprint density at radius 2 is 1.97 bits per heavy atom. The number of ether oxygens (including phenoxy) is 1. The van der Waals surface area contributed by atoms with Gasteiger partial charge in [0.15, 0.2) is 5.13 Å². The highest BCUT2D eigenvalue weighted by molar-refractivity contribution is 7.22. The quantitative estimate of drug-likeness (QED) is 0.679. The molecule has 0 saturated carbocycles. The van der Waals surface area contributed by atoms with E-state index in [2.05, 4.69) is 15.5 Å².